The van der Waals surface area contributed by atoms with E-state index >= 15 is 0 Å². The van der Waals surface area contributed by atoms with Crippen LogP contribution in [-0.2, 0) is 10.2 Å². The minimum absolute atomic E-state index is 0.291. The first-order valence-electron chi connectivity index (χ1n) is 5.54. The predicted octanol–water partition coefficient (Wildman–Crippen LogP) is 0.979. The van der Waals surface area contributed by atoms with Crippen LogP contribution in [0.1, 0.15) is 6.92 Å². The van der Waals surface area contributed by atoms with E-state index in [2.05, 4.69) is 9.44 Å². The Labute approximate surface area is 113 Å². The molecular weight excluding hydrogens is 272 g/mol. The Hall–Kier alpha value is -1.67. The van der Waals surface area contributed by atoms with Crippen molar-refractivity contribution in [1.29, 1.82) is 0 Å². The second-order valence-electron chi connectivity index (χ2n) is 3.52. The van der Waals surface area contributed by atoms with Crippen molar-refractivity contribution >= 4 is 15.9 Å². The molecule has 0 aliphatic heterocycles. The van der Waals surface area contributed by atoms with Gasteiger partial charge < -0.3 is 14.2 Å². The summed E-state index contributed by atoms with van der Waals surface area (Å²) < 4.78 is 43.3. The monoisotopic (exact) mass is 290 g/mol. The molecule has 0 saturated carbocycles. The van der Waals surface area contributed by atoms with Crippen LogP contribution in [0.5, 0.6) is 17.2 Å². The molecule has 0 saturated heterocycles. The van der Waals surface area contributed by atoms with E-state index in [0.717, 1.165) is 0 Å². The standard InChI is InChI=1S/C11H18N2O5S/c1-5-12-19(14,15)13-8-6-9(16-2)11(18-4)10(7-8)17-3/h6-7,12-13H,5H2,1-4H3. The van der Waals surface area contributed by atoms with E-state index in [1.165, 1.54) is 33.5 Å². The fourth-order valence-electron chi connectivity index (χ4n) is 1.52. The van der Waals surface area contributed by atoms with Gasteiger partial charge in [-0.1, -0.05) is 6.92 Å². The summed E-state index contributed by atoms with van der Waals surface area (Å²) in [5.74, 6) is 1.14. The highest BCUT2D eigenvalue weighted by molar-refractivity contribution is 7.90. The third kappa shape index (κ3) is 3.90. The number of hydrogen-bond acceptors (Lipinski definition) is 5. The first-order chi connectivity index (χ1) is 8.97. The van der Waals surface area contributed by atoms with Crippen LogP contribution in [0.4, 0.5) is 5.69 Å². The summed E-state index contributed by atoms with van der Waals surface area (Å²) in [7, 11) is 0.785. The van der Waals surface area contributed by atoms with Gasteiger partial charge in [-0.15, -0.1) is 0 Å². The molecule has 0 unspecified atom stereocenters. The molecule has 0 bridgehead atoms. The summed E-state index contributed by atoms with van der Waals surface area (Å²) >= 11 is 0. The molecule has 0 radical (unpaired) electrons. The van der Waals surface area contributed by atoms with Gasteiger partial charge in [-0.3, -0.25) is 4.72 Å². The number of hydrogen-bond donors (Lipinski definition) is 2. The Morgan fingerprint density at radius 2 is 1.58 bits per heavy atom. The fourth-order valence-corrected chi connectivity index (χ4v) is 2.40. The van der Waals surface area contributed by atoms with Gasteiger partial charge in [-0.2, -0.15) is 13.1 Å². The van der Waals surface area contributed by atoms with Gasteiger partial charge in [0.25, 0.3) is 10.2 Å². The molecule has 0 fully saturated rings. The minimum atomic E-state index is -3.61. The molecule has 1 rings (SSSR count). The molecule has 1 aromatic rings. The van der Waals surface area contributed by atoms with Gasteiger partial charge in [0.2, 0.25) is 5.75 Å². The van der Waals surface area contributed by atoms with E-state index in [1.54, 1.807) is 6.92 Å². The average molecular weight is 290 g/mol. The van der Waals surface area contributed by atoms with Gasteiger partial charge in [0.15, 0.2) is 11.5 Å². The Balaban J connectivity index is 3.16. The van der Waals surface area contributed by atoms with Crippen molar-refractivity contribution in [3.63, 3.8) is 0 Å². The SMILES string of the molecule is CCNS(=O)(=O)Nc1cc(OC)c(OC)c(OC)c1. The summed E-state index contributed by atoms with van der Waals surface area (Å²) in [5.41, 5.74) is 0.315. The van der Waals surface area contributed by atoms with Crippen LogP contribution in [0.2, 0.25) is 0 Å². The lowest BCUT2D eigenvalue weighted by atomic mass is 10.2. The smallest absolute Gasteiger partial charge is 0.299 e. The van der Waals surface area contributed by atoms with Crippen LogP contribution in [-0.4, -0.2) is 36.3 Å². The first kappa shape index (κ1) is 15.4. The number of anilines is 1. The van der Waals surface area contributed by atoms with Crippen LogP contribution in [0, 0.1) is 0 Å². The molecule has 0 spiro atoms. The zero-order valence-electron chi connectivity index (χ0n) is 11.3. The number of methoxy groups -OCH3 is 3. The third-order valence-corrected chi connectivity index (χ3v) is 3.42. The fraction of sp³-hybridized carbons (Fsp3) is 0.455. The number of benzene rings is 1. The van der Waals surface area contributed by atoms with E-state index in [1.807, 2.05) is 0 Å². The lowest BCUT2D eigenvalue weighted by Crippen LogP contribution is -2.29. The van der Waals surface area contributed by atoms with Gasteiger partial charge in [0.1, 0.15) is 0 Å². The molecule has 0 aliphatic rings. The maximum atomic E-state index is 11.6. The molecule has 19 heavy (non-hydrogen) atoms. The first-order valence-corrected chi connectivity index (χ1v) is 7.03. The zero-order valence-corrected chi connectivity index (χ0v) is 12.1. The van der Waals surface area contributed by atoms with Gasteiger partial charge in [0.05, 0.1) is 27.0 Å². The molecule has 8 heteroatoms. The molecular formula is C11H18N2O5S. The van der Waals surface area contributed by atoms with Gasteiger partial charge in [-0.25, -0.2) is 0 Å². The van der Waals surface area contributed by atoms with Crippen molar-refractivity contribution in [2.45, 2.75) is 6.92 Å². The summed E-state index contributed by atoms with van der Waals surface area (Å²) in [4.78, 5) is 0. The summed E-state index contributed by atoms with van der Waals surface area (Å²) in [5, 5.41) is 0. The average Bonchev–Trinajstić information content (AvgIpc) is 2.36. The third-order valence-electron chi connectivity index (χ3n) is 2.25. The highest BCUT2D eigenvalue weighted by atomic mass is 32.2. The number of rotatable bonds is 7. The normalized spacial score (nSPS) is 10.9. The Kier molecular flexibility index (Phi) is 5.25. The predicted molar refractivity (Wildman–Crippen MR) is 72.3 cm³/mol. The minimum Gasteiger partial charge on any atom is -0.493 e. The Morgan fingerprint density at radius 3 is 1.95 bits per heavy atom. The van der Waals surface area contributed by atoms with Crippen LogP contribution in [0.3, 0.4) is 0 Å². The van der Waals surface area contributed by atoms with E-state index in [0.29, 0.717) is 29.5 Å². The van der Waals surface area contributed by atoms with Crippen LogP contribution in [0.25, 0.3) is 0 Å². The zero-order chi connectivity index (χ0) is 14.5. The number of ether oxygens (including phenoxy) is 3. The lowest BCUT2D eigenvalue weighted by Gasteiger charge is -2.15. The van der Waals surface area contributed by atoms with Crippen molar-refractivity contribution in [3.05, 3.63) is 12.1 Å². The molecule has 0 aromatic heterocycles. The molecule has 0 heterocycles. The Morgan fingerprint density at radius 1 is 1.05 bits per heavy atom. The summed E-state index contributed by atoms with van der Waals surface area (Å²) in [6.07, 6.45) is 0. The van der Waals surface area contributed by atoms with Crippen molar-refractivity contribution in [2.24, 2.45) is 0 Å². The quantitative estimate of drug-likeness (QED) is 0.782. The van der Waals surface area contributed by atoms with Crippen molar-refractivity contribution < 1.29 is 22.6 Å². The van der Waals surface area contributed by atoms with Crippen molar-refractivity contribution in [1.82, 2.24) is 4.72 Å². The second-order valence-corrected chi connectivity index (χ2v) is 5.02. The highest BCUT2D eigenvalue weighted by Crippen LogP contribution is 2.40. The molecule has 2 N–H and O–H groups in total. The van der Waals surface area contributed by atoms with Gasteiger partial charge >= 0.3 is 0 Å². The lowest BCUT2D eigenvalue weighted by molar-refractivity contribution is 0.324. The molecule has 0 amide bonds. The Bertz CT molecular complexity index is 505. The van der Waals surface area contributed by atoms with Crippen LogP contribution >= 0.6 is 0 Å². The molecule has 0 atom stereocenters. The van der Waals surface area contributed by atoms with Gasteiger partial charge in [0, 0.05) is 18.7 Å². The highest BCUT2D eigenvalue weighted by Gasteiger charge is 2.16. The van der Waals surface area contributed by atoms with Gasteiger partial charge in [-0.05, 0) is 0 Å². The van der Waals surface area contributed by atoms with E-state index < -0.39 is 10.2 Å². The van der Waals surface area contributed by atoms with E-state index in [-0.39, 0.29) is 0 Å². The van der Waals surface area contributed by atoms with E-state index in [4.69, 9.17) is 14.2 Å². The largest absolute Gasteiger partial charge is 0.493 e. The van der Waals surface area contributed by atoms with Crippen molar-refractivity contribution in [2.75, 3.05) is 32.6 Å². The molecule has 0 aliphatic carbocycles. The van der Waals surface area contributed by atoms with Crippen molar-refractivity contribution in [3.8, 4) is 17.2 Å². The van der Waals surface area contributed by atoms with E-state index in [9.17, 15) is 8.42 Å². The maximum Gasteiger partial charge on any atom is 0.299 e. The summed E-state index contributed by atoms with van der Waals surface area (Å²) in [6, 6.07) is 3.02. The molecule has 108 valence electrons. The molecule has 7 nitrogen and oxygen atoms in total. The number of nitrogens with one attached hydrogen (secondary N) is 2. The maximum absolute atomic E-state index is 11.6. The van der Waals surface area contributed by atoms with Crippen LogP contribution < -0.4 is 23.7 Å². The molecule has 1 aromatic carbocycles. The summed E-state index contributed by atoms with van der Waals surface area (Å²) in [6.45, 7) is 1.98. The second kappa shape index (κ2) is 6.48. The van der Waals surface area contributed by atoms with Crippen LogP contribution in [0.15, 0.2) is 12.1 Å². The topological polar surface area (TPSA) is 85.9 Å².